The third-order valence-corrected chi connectivity index (χ3v) is 4.69. The van der Waals surface area contributed by atoms with Crippen LogP contribution in [-0.4, -0.2) is 28.9 Å². The lowest BCUT2D eigenvalue weighted by molar-refractivity contribution is -0.112. The van der Waals surface area contributed by atoms with Gasteiger partial charge < -0.3 is 9.64 Å². The van der Waals surface area contributed by atoms with Gasteiger partial charge in [0.2, 0.25) is 0 Å². The summed E-state index contributed by atoms with van der Waals surface area (Å²) >= 11 is 0. The Morgan fingerprint density at radius 3 is 2.60 bits per heavy atom. The largest absolute Gasteiger partial charge is 0.445 e. The number of carbonyl (C=O) groups is 2. The van der Waals surface area contributed by atoms with Crippen LogP contribution in [0.1, 0.15) is 57.9 Å². The first kappa shape index (κ1) is 19.2. The Labute approximate surface area is 150 Å². The summed E-state index contributed by atoms with van der Waals surface area (Å²) in [7, 11) is 0. The van der Waals surface area contributed by atoms with E-state index in [0.29, 0.717) is 13.0 Å². The normalized spacial score (nSPS) is 20.2. The Morgan fingerprint density at radius 2 is 1.92 bits per heavy atom. The van der Waals surface area contributed by atoms with Crippen LogP contribution in [0.2, 0.25) is 0 Å². The lowest BCUT2D eigenvalue weighted by atomic mass is 10.1. The summed E-state index contributed by atoms with van der Waals surface area (Å²) in [5.74, 6) is 0.0405. The second-order valence-electron chi connectivity index (χ2n) is 6.72. The van der Waals surface area contributed by atoms with Gasteiger partial charge in [-0.25, -0.2) is 4.79 Å². The maximum Gasteiger partial charge on any atom is 0.410 e. The minimum atomic E-state index is -0.233. The molecule has 0 radical (unpaired) electrons. The summed E-state index contributed by atoms with van der Waals surface area (Å²) in [5, 5.41) is 0. The number of carbonyl (C=O) groups excluding carboxylic acids is 2. The third kappa shape index (κ3) is 6.04. The number of amides is 1. The predicted molar refractivity (Wildman–Crippen MR) is 99.2 cm³/mol. The number of ketones is 1. The highest BCUT2D eigenvalue weighted by Gasteiger charge is 2.36. The minimum absolute atomic E-state index is 0.0405. The Bertz CT molecular complexity index is 582. The number of ether oxygens (including phenoxy) is 1. The van der Waals surface area contributed by atoms with Crippen LogP contribution in [0.25, 0.3) is 0 Å². The van der Waals surface area contributed by atoms with Crippen LogP contribution in [0.5, 0.6) is 0 Å². The van der Waals surface area contributed by atoms with Crippen molar-refractivity contribution in [3.8, 4) is 0 Å². The quantitative estimate of drug-likeness (QED) is 0.632. The molecule has 136 valence electrons. The molecule has 1 aromatic carbocycles. The van der Waals surface area contributed by atoms with Gasteiger partial charge in [0.25, 0.3) is 0 Å². The van der Waals surface area contributed by atoms with Crippen LogP contribution < -0.4 is 0 Å². The van der Waals surface area contributed by atoms with Crippen molar-refractivity contribution in [2.75, 3.05) is 0 Å². The molecular weight excluding hydrogens is 314 g/mol. The molecule has 1 amide bonds. The van der Waals surface area contributed by atoms with Crippen LogP contribution in [0.15, 0.2) is 42.5 Å². The van der Waals surface area contributed by atoms with E-state index in [2.05, 4.69) is 6.92 Å². The van der Waals surface area contributed by atoms with Crippen LogP contribution in [0.3, 0.4) is 0 Å². The maximum atomic E-state index is 12.7. The first-order chi connectivity index (χ1) is 12.1. The number of hydrogen-bond donors (Lipinski definition) is 0. The van der Waals surface area contributed by atoms with Crippen LogP contribution in [0.4, 0.5) is 4.79 Å². The smallest absolute Gasteiger partial charge is 0.410 e. The van der Waals surface area contributed by atoms with Crippen molar-refractivity contribution in [3.63, 3.8) is 0 Å². The van der Waals surface area contributed by atoms with E-state index < -0.39 is 0 Å². The molecule has 0 aliphatic carbocycles. The number of nitrogens with zero attached hydrogens (tertiary/aromatic N) is 1. The van der Waals surface area contributed by atoms with E-state index in [0.717, 1.165) is 37.7 Å². The molecule has 2 atom stereocenters. The fourth-order valence-electron chi connectivity index (χ4n) is 3.40. The highest BCUT2D eigenvalue weighted by atomic mass is 16.6. The lowest BCUT2D eigenvalue weighted by Crippen LogP contribution is -2.41. The monoisotopic (exact) mass is 343 g/mol. The molecule has 1 heterocycles. The van der Waals surface area contributed by atoms with E-state index in [1.807, 2.05) is 41.3 Å². The van der Waals surface area contributed by atoms with Gasteiger partial charge >= 0.3 is 6.09 Å². The molecule has 0 aromatic heterocycles. The third-order valence-electron chi connectivity index (χ3n) is 4.69. The number of unbranched alkanes of at least 4 members (excludes halogenated alkanes) is 1. The van der Waals surface area contributed by atoms with E-state index in [4.69, 9.17) is 4.74 Å². The van der Waals surface area contributed by atoms with Crippen molar-refractivity contribution in [2.45, 2.75) is 71.1 Å². The van der Waals surface area contributed by atoms with Gasteiger partial charge in [0, 0.05) is 12.1 Å². The van der Waals surface area contributed by atoms with Crippen molar-refractivity contribution < 1.29 is 14.3 Å². The minimum Gasteiger partial charge on any atom is -0.445 e. The van der Waals surface area contributed by atoms with Crippen LogP contribution >= 0.6 is 0 Å². The van der Waals surface area contributed by atoms with Gasteiger partial charge in [-0.15, -0.1) is 0 Å². The summed E-state index contributed by atoms with van der Waals surface area (Å²) in [6, 6.07) is 10.1. The van der Waals surface area contributed by atoms with Crippen molar-refractivity contribution >= 4 is 11.9 Å². The molecule has 4 nitrogen and oxygen atoms in total. The zero-order chi connectivity index (χ0) is 18.1. The first-order valence-electron chi connectivity index (χ1n) is 9.28. The number of likely N-dealkylation sites (tertiary alicyclic amines) is 1. The van der Waals surface area contributed by atoms with Crippen molar-refractivity contribution in [1.29, 1.82) is 0 Å². The highest BCUT2D eigenvalue weighted by Crippen LogP contribution is 2.30. The van der Waals surface area contributed by atoms with E-state index in [1.165, 1.54) is 0 Å². The molecule has 4 heteroatoms. The summed E-state index contributed by atoms with van der Waals surface area (Å²) in [4.78, 5) is 25.7. The van der Waals surface area contributed by atoms with Crippen LogP contribution in [-0.2, 0) is 16.1 Å². The Hall–Kier alpha value is -2.10. The zero-order valence-corrected chi connectivity index (χ0v) is 15.3. The average molecular weight is 343 g/mol. The number of allylic oxidation sites excluding steroid dienone is 1. The van der Waals surface area contributed by atoms with E-state index in [-0.39, 0.29) is 24.0 Å². The van der Waals surface area contributed by atoms with Gasteiger partial charge in [-0.1, -0.05) is 56.2 Å². The summed E-state index contributed by atoms with van der Waals surface area (Å²) in [6.07, 6.45) is 9.19. The standard InChI is InChI=1S/C21H29NO3/c1-3-4-12-19-14-15-20(13-8-9-17(2)23)22(19)21(24)25-16-18-10-6-5-7-11-18/h5-11,19-20H,3-4,12-16H2,1-2H3/b9-8+/t19-,20+/m0/s1. The molecule has 1 fully saturated rings. The van der Waals surface area contributed by atoms with E-state index >= 15 is 0 Å². The molecule has 0 spiro atoms. The van der Waals surface area contributed by atoms with Gasteiger partial charge in [-0.3, -0.25) is 4.79 Å². The fourth-order valence-corrected chi connectivity index (χ4v) is 3.40. The fraction of sp³-hybridized carbons (Fsp3) is 0.524. The maximum absolute atomic E-state index is 12.7. The van der Waals surface area contributed by atoms with Crippen molar-refractivity contribution in [1.82, 2.24) is 4.90 Å². The van der Waals surface area contributed by atoms with Crippen LogP contribution in [0, 0.1) is 0 Å². The summed E-state index contributed by atoms with van der Waals surface area (Å²) < 4.78 is 5.58. The molecule has 0 unspecified atom stereocenters. The SMILES string of the molecule is CCCC[C@H]1CC[C@@H](C/C=C/C(C)=O)N1C(=O)OCc1ccccc1. The van der Waals surface area contributed by atoms with Gasteiger partial charge in [0.15, 0.2) is 5.78 Å². The van der Waals surface area contributed by atoms with E-state index in [1.54, 1.807) is 13.0 Å². The number of rotatable bonds is 8. The van der Waals surface area contributed by atoms with Gasteiger partial charge in [-0.2, -0.15) is 0 Å². The molecular formula is C21H29NO3. The van der Waals surface area contributed by atoms with Crippen molar-refractivity contribution in [2.24, 2.45) is 0 Å². The number of benzene rings is 1. The topological polar surface area (TPSA) is 46.6 Å². The highest BCUT2D eigenvalue weighted by molar-refractivity contribution is 5.87. The van der Waals surface area contributed by atoms with Gasteiger partial charge in [-0.05, 0) is 44.2 Å². The van der Waals surface area contributed by atoms with Crippen molar-refractivity contribution in [3.05, 3.63) is 48.0 Å². The van der Waals surface area contributed by atoms with Gasteiger partial charge in [0.1, 0.15) is 6.61 Å². The second kappa shape index (κ2) is 10.0. The summed E-state index contributed by atoms with van der Waals surface area (Å²) in [5.41, 5.74) is 0.994. The van der Waals surface area contributed by atoms with E-state index in [9.17, 15) is 9.59 Å². The Morgan fingerprint density at radius 1 is 1.20 bits per heavy atom. The molecule has 0 saturated carbocycles. The molecule has 0 N–H and O–H groups in total. The Kier molecular flexibility index (Phi) is 7.71. The first-order valence-corrected chi connectivity index (χ1v) is 9.28. The number of hydrogen-bond acceptors (Lipinski definition) is 3. The van der Waals surface area contributed by atoms with Gasteiger partial charge in [0.05, 0.1) is 0 Å². The predicted octanol–water partition coefficient (Wildman–Crippen LogP) is 4.88. The molecule has 1 aromatic rings. The second-order valence-corrected chi connectivity index (χ2v) is 6.72. The zero-order valence-electron chi connectivity index (χ0n) is 15.3. The molecule has 1 saturated heterocycles. The summed E-state index contributed by atoms with van der Waals surface area (Å²) in [6.45, 7) is 4.01. The molecule has 2 rings (SSSR count). The molecule has 25 heavy (non-hydrogen) atoms. The Balaban J connectivity index is 1.99. The molecule has 1 aliphatic rings. The average Bonchev–Trinajstić information content (AvgIpc) is 3.01. The molecule has 0 bridgehead atoms. The lowest BCUT2D eigenvalue weighted by Gasteiger charge is -2.29. The molecule has 1 aliphatic heterocycles.